The van der Waals surface area contributed by atoms with Crippen LogP contribution in [0.25, 0.3) is 11.0 Å². The van der Waals surface area contributed by atoms with Crippen LogP contribution in [-0.2, 0) is 6.54 Å². The smallest absolute Gasteiger partial charge is 0.124 e. The summed E-state index contributed by atoms with van der Waals surface area (Å²) < 4.78 is 5.69. The number of ether oxygens (including phenoxy) is 1. The molecule has 0 spiro atoms. The lowest BCUT2D eigenvalue weighted by Gasteiger charge is -2.12. The number of hydrogen-bond acceptors (Lipinski definition) is 3. The molecule has 0 aliphatic carbocycles. The SMILES string of the molecule is C=C(C)COc1cccc(CN[C@H](C)c2nc3ccccc3[nH]2)c1. The zero-order valence-corrected chi connectivity index (χ0v) is 14.2. The Hall–Kier alpha value is -2.59. The molecular weight excluding hydrogens is 298 g/mol. The zero-order valence-electron chi connectivity index (χ0n) is 14.2. The molecule has 1 heterocycles. The van der Waals surface area contributed by atoms with E-state index in [4.69, 9.17) is 4.74 Å². The standard InChI is InChI=1S/C20H23N3O/c1-14(2)13-24-17-8-6-7-16(11-17)12-21-15(3)20-22-18-9-4-5-10-19(18)23-20/h4-11,15,21H,1,12-13H2,2-3H3,(H,22,23)/t15-/m1/s1. The van der Waals surface area contributed by atoms with Crippen molar-refractivity contribution in [1.82, 2.24) is 15.3 Å². The van der Waals surface area contributed by atoms with E-state index in [0.717, 1.165) is 34.7 Å². The molecule has 4 nitrogen and oxygen atoms in total. The second kappa shape index (κ2) is 7.32. The van der Waals surface area contributed by atoms with E-state index in [2.05, 4.69) is 40.9 Å². The Bertz CT molecular complexity index is 805. The molecule has 3 aromatic rings. The highest BCUT2D eigenvalue weighted by atomic mass is 16.5. The molecule has 0 bridgehead atoms. The number of fused-ring (bicyclic) bond motifs is 1. The van der Waals surface area contributed by atoms with Crippen LogP contribution in [0.15, 0.2) is 60.7 Å². The zero-order chi connectivity index (χ0) is 16.9. The maximum absolute atomic E-state index is 5.69. The van der Waals surface area contributed by atoms with Crippen molar-refractivity contribution in [2.45, 2.75) is 26.4 Å². The summed E-state index contributed by atoms with van der Waals surface area (Å²) in [5.41, 5.74) is 4.25. The first kappa shape index (κ1) is 16.3. The maximum Gasteiger partial charge on any atom is 0.124 e. The molecule has 0 saturated carbocycles. The van der Waals surface area contributed by atoms with Crippen molar-refractivity contribution in [3.63, 3.8) is 0 Å². The van der Waals surface area contributed by atoms with E-state index in [1.165, 1.54) is 5.56 Å². The molecule has 0 saturated heterocycles. The lowest BCUT2D eigenvalue weighted by atomic mass is 10.2. The molecule has 0 aliphatic heterocycles. The van der Waals surface area contributed by atoms with Gasteiger partial charge in [-0.1, -0.05) is 30.8 Å². The topological polar surface area (TPSA) is 49.9 Å². The third-order valence-corrected chi connectivity index (χ3v) is 3.81. The maximum atomic E-state index is 5.69. The van der Waals surface area contributed by atoms with Crippen LogP contribution < -0.4 is 10.1 Å². The van der Waals surface area contributed by atoms with Crippen molar-refractivity contribution in [2.24, 2.45) is 0 Å². The summed E-state index contributed by atoms with van der Waals surface area (Å²) in [5.74, 6) is 1.82. The third-order valence-electron chi connectivity index (χ3n) is 3.81. The van der Waals surface area contributed by atoms with Crippen LogP contribution >= 0.6 is 0 Å². The Kier molecular flexibility index (Phi) is 4.96. The predicted octanol–water partition coefficient (Wildman–Crippen LogP) is 4.37. The van der Waals surface area contributed by atoms with Crippen molar-refractivity contribution < 1.29 is 4.74 Å². The summed E-state index contributed by atoms with van der Waals surface area (Å²) in [6.45, 7) is 9.23. The molecule has 124 valence electrons. The largest absolute Gasteiger partial charge is 0.489 e. The van der Waals surface area contributed by atoms with Gasteiger partial charge in [-0.3, -0.25) is 0 Å². The molecule has 3 rings (SSSR count). The van der Waals surface area contributed by atoms with Gasteiger partial charge < -0.3 is 15.0 Å². The number of para-hydroxylation sites is 2. The summed E-state index contributed by atoms with van der Waals surface area (Å²) >= 11 is 0. The Morgan fingerprint density at radius 2 is 2.08 bits per heavy atom. The van der Waals surface area contributed by atoms with E-state index in [-0.39, 0.29) is 6.04 Å². The fourth-order valence-electron chi connectivity index (χ4n) is 2.50. The van der Waals surface area contributed by atoms with E-state index in [1.807, 2.05) is 43.3 Å². The van der Waals surface area contributed by atoms with Crippen LogP contribution in [-0.4, -0.2) is 16.6 Å². The quantitative estimate of drug-likeness (QED) is 0.635. The van der Waals surface area contributed by atoms with Crippen molar-refractivity contribution in [3.05, 3.63) is 72.1 Å². The molecule has 0 amide bonds. The highest BCUT2D eigenvalue weighted by Gasteiger charge is 2.10. The van der Waals surface area contributed by atoms with Crippen LogP contribution in [0, 0.1) is 0 Å². The van der Waals surface area contributed by atoms with Gasteiger partial charge in [-0.05, 0) is 49.2 Å². The lowest BCUT2D eigenvalue weighted by molar-refractivity contribution is 0.352. The van der Waals surface area contributed by atoms with E-state index < -0.39 is 0 Å². The van der Waals surface area contributed by atoms with Crippen molar-refractivity contribution >= 4 is 11.0 Å². The molecule has 4 heteroatoms. The molecule has 1 atom stereocenters. The van der Waals surface area contributed by atoms with Crippen LogP contribution in [0.2, 0.25) is 0 Å². The minimum atomic E-state index is 0.136. The first-order chi connectivity index (χ1) is 11.6. The minimum Gasteiger partial charge on any atom is -0.489 e. The Morgan fingerprint density at radius 1 is 1.25 bits per heavy atom. The number of H-pyrrole nitrogens is 1. The molecule has 2 aromatic carbocycles. The number of nitrogens with zero attached hydrogens (tertiary/aromatic N) is 1. The second-order valence-corrected chi connectivity index (χ2v) is 6.13. The number of imidazole rings is 1. The highest BCUT2D eigenvalue weighted by molar-refractivity contribution is 5.74. The molecule has 1 aromatic heterocycles. The van der Waals surface area contributed by atoms with Gasteiger partial charge in [0.15, 0.2) is 0 Å². The number of rotatable bonds is 7. The van der Waals surface area contributed by atoms with Crippen LogP contribution in [0.3, 0.4) is 0 Å². The first-order valence-corrected chi connectivity index (χ1v) is 8.16. The van der Waals surface area contributed by atoms with Gasteiger partial charge in [-0.2, -0.15) is 0 Å². The number of aromatic nitrogens is 2. The molecule has 0 aliphatic rings. The average molecular weight is 321 g/mol. The molecule has 0 fully saturated rings. The summed E-state index contributed by atoms with van der Waals surface area (Å²) in [6, 6.07) is 16.3. The third kappa shape index (κ3) is 4.03. The van der Waals surface area contributed by atoms with Gasteiger partial charge in [0.2, 0.25) is 0 Å². The second-order valence-electron chi connectivity index (χ2n) is 6.13. The van der Waals surface area contributed by atoms with Crippen LogP contribution in [0.5, 0.6) is 5.75 Å². The van der Waals surface area contributed by atoms with Crippen LogP contribution in [0.4, 0.5) is 0 Å². The number of benzene rings is 2. The number of aromatic amines is 1. The first-order valence-electron chi connectivity index (χ1n) is 8.16. The van der Waals surface area contributed by atoms with Gasteiger partial charge in [-0.15, -0.1) is 0 Å². The van der Waals surface area contributed by atoms with Gasteiger partial charge in [0.05, 0.1) is 17.1 Å². The summed E-state index contributed by atoms with van der Waals surface area (Å²) in [7, 11) is 0. The molecule has 2 N–H and O–H groups in total. The molecule has 0 unspecified atom stereocenters. The van der Waals surface area contributed by atoms with Gasteiger partial charge in [-0.25, -0.2) is 4.98 Å². The van der Waals surface area contributed by atoms with E-state index in [0.29, 0.717) is 6.61 Å². The van der Waals surface area contributed by atoms with Gasteiger partial charge in [0.1, 0.15) is 18.2 Å². The molecule has 0 radical (unpaired) electrons. The van der Waals surface area contributed by atoms with E-state index >= 15 is 0 Å². The summed E-state index contributed by atoms with van der Waals surface area (Å²) in [4.78, 5) is 8.01. The molecular formula is C20H23N3O. The number of nitrogens with one attached hydrogen (secondary N) is 2. The number of hydrogen-bond donors (Lipinski definition) is 2. The Balaban J connectivity index is 1.62. The van der Waals surface area contributed by atoms with Crippen LogP contribution in [0.1, 0.15) is 31.3 Å². The fraction of sp³-hybridized carbons (Fsp3) is 0.250. The lowest BCUT2D eigenvalue weighted by Crippen LogP contribution is -2.19. The monoisotopic (exact) mass is 321 g/mol. The van der Waals surface area contributed by atoms with Gasteiger partial charge in [0.25, 0.3) is 0 Å². The fourth-order valence-corrected chi connectivity index (χ4v) is 2.50. The van der Waals surface area contributed by atoms with Crippen molar-refractivity contribution in [2.75, 3.05) is 6.61 Å². The van der Waals surface area contributed by atoms with E-state index in [1.54, 1.807) is 0 Å². The summed E-state index contributed by atoms with van der Waals surface area (Å²) in [5, 5.41) is 3.50. The van der Waals surface area contributed by atoms with Crippen molar-refractivity contribution in [3.8, 4) is 5.75 Å². The van der Waals surface area contributed by atoms with E-state index in [9.17, 15) is 0 Å². The normalized spacial score (nSPS) is 12.2. The molecule has 24 heavy (non-hydrogen) atoms. The van der Waals surface area contributed by atoms with Crippen molar-refractivity contribution in [1.29, 1.82) is 0 Å². The minimum absolute atomic E-state index is 0.136. The van der Waals surface area contributed by atoms with Gasteiger partial charge >= 0.3 is 0 Å². The average Bonchev–Trinajstić information content (AvgIpc) is 3.02. The Morgan fingerprint density at radius 3 is 2.88 bits per heavy atom. The Labute approximate surface area is 142 Å². The predicted molar refractivity (Wildman–Crippen MR) is 98.1 cm³/mol. The van der Waals surface area contributed by atoms with Gasteiger partial charge in [0, 0.05) is 6.54 Å². The highest BCUT2D eigenvalue weighted by Crippen LogP contribution is 2.17. The summed E-state index contributed by atoms with van der Waals surface area (Å²) in [6.07, 6.45) is 0.